The summed E-state index contributed by atoms with van der Waals surface area (Å²) in [5, 5.41) is 12.9. The van der Waals surface area contributed by atoms with Crippen molar-refractivity contribution in [3.8, 4) is 0 Å². The Balaban J connectivity index is 2.09. The average molecular weight is 225 g/mol. The number of carboxylic acids is 1. The topological polar surface area (TPSA) is 90.4 Å². The van der Waals surface area contributed by atoms with Gasteiger partial charge in [0.25, 0.3) is 0 Å². The molecular weight excluding hydrogens is 210 g/mol. The summed E-state index contributed by atoms with van der Waals surface area (Å²) in [7, 11) is 0. The molecule has 6 heteroatoms. The van der Waals surface area contributed by atoms with Crippen LogP contribution in [0, 0.1) is 0 Å². The van der Waals surface area contributed by atoms with Crippen LogP contribution < -0.4 is 5.73 Å². The second-order valence-corrected chi connectivity index (χ2v) is 3.91. The number of nitrogens with two attached hydrogens (primary N) is 1. The second-order valence-electron chi connectivity index (χ2n) is 3.91. The third-order valence-electron chi connectivity index (χ3n) is 2.81. The van der Waals surface area contributed by atoms with Crippen molar-refractivity contribution < 1.29 is 14.6 Å². The normalized spacial score (nSPS) is 19.6. The minimum Gasteiger partial charge on any atom is -0.480 e. The Morgan fingerprint density at radius 2 is 2.31 bits per heavy atom. The fraction of sp³-hybridized carbons (Fsp3) is 0.600. The molecule has 1 aromatic heterocycles. The number of ether oxygens (including phenoxy) is 1. The largest absolute Gasteiger partial charge is 0.480 e. The van der Waals surface area contributed by atoms with E-state index >= 15 is 0 Å². The van der Waals surface area contributed by atoms with E-state index in [4.69, 9.17) is 15.6 Å². The van der Waals surface area contributed by atoms with Gasteiger partial charge in [-0.05, 0) is 12.8 Å². The number of carboxylic acid groups (broad SMARTS) is 1. The predicted octanol–water partition coefficient (Wildman–Crippen LogP) is 0.319. The average Bonchev–Trinajstić information content (AvgIpc) is 2.78. The highest BCUT2D eigenvalue weighted by atomic mass is 16.5. The predicted molar refractivity (Wildman–Crippen MR) is 55.9 cm³/mol. The summed E-state index contributed by atoms with van der Waals surface area (Å²) in [6.45, 7) is 1.45. The molecule has 16 heavy (non-hydrogen) atoms. The summed E-state index contributed by atoms with van der Waals surface area (Å²) in [6.07, 6.45) is 5.05. The third kappa shape index (κ3) is 2.23. The zero-order valence-corrected chi connectivity index (χ0v) is 8.87. The summed E-state index contributed by atoms with van der Waals surface area (Å²) in [4.78, 5) is 10.7. The fourth-order valence-electron chi connectivity index (χ4n) is 1.81. The van der Waals surface area contributed by atoms with Crippen molar-refractivity contribution in [2.75, 3.05) is 13.2 Å². The number of hydrogen-bond donors (Lipinski definition) is 2. The molecule has 1 aliphatic heterocycles. The maximum Gasteiger partial charge on any atom is 0.325 e. The Morgan fingerprint density at radius 1 is 1.62 bits per heavy atom. The highest BCUT2D eigenvalue weighted by Gasteiger charge is 2.20. The van der Waals surface area contributed by atoms with Crippen LogP contribution in [0.3, 0.4) is 0 Å². The Hall–Kier alpha value is -1.40. The van der Waals surface area contributed by atoms with Gasteiger partial charge in [-0.15, -0.1) is 0 Å². The van der Waals surface area contributed by atoms with Gasteiger partial charge < -0.3 is 15.6 Å². The molecule has 6 nitrogen and oxygen atoms in total. The molecule has 2 heterocycles. The Bertz CT molecular complexity index is 371. The van der Waals surface area contributed by atoms with Crippen molar-refractivity contribution in [2.24, 2.45) is 5.73 Å². The number of aromatic nitrogens is 2. The van der Waals surface area contributed by atoms with Gasteiger partial charge in [-0.25, -0.2) is 0 Å². The molecule has 1 fully saturated rings. The molecule has 0 amide bonds. The van der Waals surface area contributed by atoms with Crippen LogP contribution in [0.4, 0.5) is 0 Å². The van der Waals surface area contributed by atoms with Crippen molar-refractivity contribution in [3.63, 3.8) is 0 Å². The molecule has 0 spiro atoms. The van der Waals surface area contributed by atoms with Crippen LogP contribution in [0.2, 0.25) is 0 Å². The van der Waals surface area contributed by atoms with Crippen LogP contribution in [0.15, 0.2) is 12.4 Å². The lowest BCUT2D eigenvalue weighted by Gasteiger charge is -2.22. The molecule has 1 aliphatic rings. The number of aliphatic carboxylic acids is 1. The molecule has 1 unspecified atom stereocenters. The van der Waals surface area contributed by atoms with E-state index in [2.05, 4.69) is 5.10 Å². The molecule has 0 aromatic carbocycles. The Kier molecular flexibility index (Phi) is 3.21. The van der Waals surface area contributed by atoms with E-state index in [1.165, 1.54) is 6.20 Å². The lowest BCUT2D eigenvalue weighted by atomic mass is 10.1. The first kappa shape index (κ1) is 11.1. The van der Waals surface area contributed by atoms with E-state index in [0.717, 1.165) is 26.1 Å². The van der Waals surface area contributed by atoms with Gasteiger partial charge in [-0.2, -0.15) is 5.10 Å². The van der Waals surface area contributed by atoms with Crippen molar-refractivity contribution in [2.45, 2.75) is 24.9 Å². The number of carbonyl (C=O) groups is 1. The molecule has 1 aromatic rings. The van der Waals surface area contributed by atoms with Gasteiger partial charge in [0.1, 0.15) is 6.04 Å². The molecule has 0 saturated carbocycles. The summed E-state index contributed by atoms with van der Waals surface area (Å²) in [6, 6.07) is -0.697. The lowest BCUT2D eigenvalue weighted by Crippen LogP contribution is -2.21. The molecule has 1 atom stereocenters. The first-order valence-corrected chi connectivity index (χ1v) is 5.28. The quantitative estimate of drug-likeness (QED) is 0.773. The van der Waals surface area contributed by atoms with Crippen LogP contribution >= 0.6 is 0 Å². The molecule has 88 valence electrons. The van der Waals surface area contributed by atoms with Crippen LogP contribution in [0.5, 0.6) is 0 Å². The van der Waals surface area contributed by atoms with Gasteiger partial charge in [-0.1, -0.05) is 0 Å². The number of rotatable bonds is 3. The highest BCUT2D eigenvalue weighted by Crippen LogP contribution is 2.21. The van der Waals surface area contributed by atoms with E-state index < -0.39 is 12.0 Å². The van der Waals surface area contributed by atoms with Gasteiger partial charge in [-0.3, -0.25) is 9.48 Å². The summed E-state index contributed by atoms with van der Waals surface area (Å²) >= 11 is 0. The second kappa shape index (κ2) is 4.63. The maximum atomic E-state index is 10.7. The summed E-state index contributed by atoms with van der Waals surface area (Å²) < 4.78 is 7.05. The highest BCUT2D eigenvalue weighted by molar-refractivity contribution is 5.74. The van der Waals surface area contributed by atoms with Gasteiger partial charge in [0.15, 0.2) is 0 Å². The minimum absolute atomic E-state index is 0.295. The van der Waals surface area contributed by atoms with Gasteiger partial charge >= 0.3 is 5.97 Å². The van der Waals surface area contributed by atoms with Gasteiger partial charge in [0.2, 0.25) is 0 Å². The van der Waals surface area contributed by atoms with E-state index in [1.54, 1.807) is 10.9 Å². The van der Waals surface area contributed by atoms with Gasteiger partial charge in [0, 0.05) is 25.0 Å². The van der Waals surface area contributed by atoms with E-state index in [9.17, 15) is 4.79 Å². The van der Waals surface area contributed by atoms with Crippen molar-refractivity contribution in [1.82, 2.24) is 9.78 Å². The summed E-state index contributed by atoms with van der Waals surface area (Å²) in [5.41, 5.74) is 6.04. The first-order chi connectivity index (χ1) is 7.68. The lowest BCUT2D eigenvalue weighted by molar-refractivity contribution is -0.138. The van der Waals surface area contributed by atoms with Crippen LogP contribution in [0.25, 0.3) is 0 Å². The Labute approximate surface area is 93.0 Å². The third-order valence-corrected chi connectivity index (χ3v) is 2.81. The van der Waals surface area contributed by atoms with Crippen LogP contribution in [-0.2, 0) is 9.53 Å². The van der Waals surface area contributed by atoms with E-state index in [-0.39, 0.29) is 0 Å². The zero-order valence-electron chi connectivity index (χ0n) is 8.87. The zero-order chi connectivity index (χ0) is 11.5. The van der Waals surface area contributed by atoms with Crippen LogP contribution in [-0.4, -0.2) is 34.1 Å². The number of hydrogen-bond acceptors (Lipinski definition) is 4. The van der Waals surface area contributed by atoms with E-state index in [0.29, 0.717) is 11.6 Å². The fourth-order valence-corrected chi connectivity index (χ4v) is 1.81. The Morgan fingerprint density at radius 3 is 2.94 bits per heavy atom. The molecule has 0 aliphatic carbocycles. The van der Waals surface area contributed by atoms with E-state index in [1.807, 2.05) is 0 Å². The van der Waals surface area contributed by atoms with Crippen molar-refractivity contribution >= 4 is 5.97 Å². The smallest absolute Gasteiger partial charge is 0.325 e. The number of nitrogens with zero attached hydrogens (tertiary/aromatic N) is 2. The SMILES string of the molecule is NC(C(=O)O)c1cnn(C2CCOCC2)c1. The monoisotopic (exact) mass is 225 g/mol. The molecule has 2 rings (SSSR count). The van der Waals surface area contributed by atoms with Crippen molar-refractivity contribution in [1.29, 1.82) is 0 Å². The summed E-state index contributed by atoms with van der Waals surface area (Å²) in [5.74, 6) is -1.04. The molecular formula is C10H15N3O3. The minimum atomic E-state index is -1.04. The maximum absolute atomic E-state index is 10.7. The molecule has 1 saturated heterocycles. The standard InChI is InChI=1S/C10H15N3O3/c11-9(10(14)15)7-5-12-13(6-7)8-1-3-16-4-2-8/h5-6,8-9H,1-4,11H2,(H,14,15). The molecule has 0 radical (unpaired) electrons. The van der Waals surface area contributed by atoms with Gasteiger partial charge in [0.05, 0.1) is 12.2 Å². The molecule has 0 bridgehead atoms. The van der Waals surface area contributed by atoms with Crippen molar-refractivity contribution in [3.05, 3.63) is 18.0 Å². The van der Waals surface area contributed by atoms with Crippen LogP contribution in [0.1, 0.15) is 30.5 Å². The molecule has 3 N–H and O–H groups in total. The first-order valence-electron chi connectivity index (χ1n) is 5.28.